The minimum absolute atomic E-state index is 0.162. The van der Waals surface area contributed by atoms with E-state index in [1.807, 2.05) is 33.9 Å². The third-order valence-electron chi connectivity index (χ3n) is 3.69. The molecule has 0 N–H and O–H groups in total. The lowest BCUT2D eigenvalue weighted by atomic mass is 10.2. The van der Waals surface area contributed by atoms with E-state index >= 15 is 0 Å². The van der Waals surface area contributed by atoms with Crippen LogP contribution in [0.4, 0.5) is 13.2 Å². The lowest BCUT2D eigenvalue weighted by Gasteiger charge is -2.35. The Morgan fingerprint density at radius 2 is 1.48 bits per heavy atom. The predicted molar refractivity (Wildman–Crippen MR) is 80.7 cm³/mol. The average molecular weight is 348 g/mol. The smallest absolute Gasteiger partial charge is 0.491 e. The number of hydrogen-bond acceptors (Lipinski definition) is 4. The molecule has 23 heavy (non-hydrogen) atoms. The summed E-state index contributed by atoms with van der Waals surface area (Å²) in [7, 11) is -2.30. The number of benzene rings is 1. The molecule has 1 rings (SSSR count). The number of hydrogen-bond donors (Lipinski definition) is 0. The number of rotatable bonds is 3. The second kappa shape index (κ2) is 6.35. The van der Waals surface area contributed by atoms with Gasteiger partial charge < -0.3 is 9.16 Å². The van der Waals surface area contributed by atoms with Crippen molar-refractivity contribution >= 4 is 20.3 Å². The Balaban J connectivity index is 2.81. The molecule has 0 spiro atoms. The van der Waals surface area contributed by atoms with Crippen LogP contribution in [0.25, 0.3) is 0 Å². The number of carbonyl (C=O) groups excluding carboxylic acids is 2. The molecular weight excluding hydrogens is 329 g/mol. The molecule has 4 nitrogen and oxygen atoms in total. The monoisotopic (exact) mass is 348 g/mol. The molecule has 0 atom stereocenters. The molecule has 0 saturated carbocycles. The molecule has 0 radical (unpaired) electrons. The summed E-state index contributed by atoms with van der Waals surface area (Å²) in [6, 6.07) is 4.75. The van der Waals surface area contributed by atoms with Crippen LogP contribution in [0, 0.1) is 0 Å². The highest BCUT2D eigenvalue weighted by Crippen LogP contribution is 2.37. The maximum atomic E-state index is 12.1. The van der Waals surface area contributed by atoms with Gasteiger partial charge >= 0.3 is 18.1 Å². The average Bonchev–Trinajstić information content (AvgIpc) is 2.36. The minimum Gasteiger partial charge on any atom is -0.516 e. The summed E-state index contributed by atoms with van der Waals surface area (Å²) < 4.78 is 46.0. The van der Waals surface area contributed by atoms with E-state index in [1.165, 1.54) is 12.1 Å². The van der Waals surface area contributed by atoms with Crippen LogP contribution in [-0.2, 0) is 9.22 Å². The first-order valence-corrected chi connectivity index (χ1v) is 9.77. The number of alkyl halides is 3. The van der Waals surface area contributed by atoms with E-state index in [0.717, 1.165) is 12.1 Å². The summed E-state index contributed by atoms with van der Waals surface area (Å²) in [6.45, 7) is 9.75. The van der Waals surface area contributed by atoms with E-state index in [1.54, 1.807) is 0 Å². The van der Waals surface area contributed by atoms with E-state index in [-0.39, 0.29) is 16.4 Å². The van der Waals surface area contributed by atoms with Gasteiger partial charge in [-0.05, 0) is 42.4 Å². The minimum atomic E-state index is -5.07. The van der Waals surface area contributed by atoms with Crippen molar-refractivity contribution < 1.29 is 31.9 Å². The highest BCUT2D eigenvalue weighted by atomic mass is 28.4. The SMILES string of the molecule is CC(C)(C)[Si](C)(C)OC(=O)c1ccc(OC(=O)C(F)(F)F)cc1. The maximum Gasteiger partial charge on any atom is 0.491 e. The predicted octanol–water partition coefficient (Wildman–Crippen LogP) is 4.32. The lowest BCUT2D eigenvalue weighted by Crippen LogP contribution is -2.42. The Hall–Kier alpha value is -1.83. The molecule has 0 unspecified atom stereocenters. The van der Waals surface area contributed by atoms with Gasteiger partial charge in [0.1, 0.15) is 5.75 Å². The second-order valence-electron chi connectivity index (χ2n) is 6.56. The Bertz CT molecular complexity index is 586. The van der Waals surface area contributed by atoms with E-state index in [9.17, 15) is 22.8 Å². The van der Waals surface area contributed by atoms with Crippen LogP contribution in [0.1, 0.15) is 31.1 Å². The van der Waals surface area contributed by atoms with Gasteiger partial charge in [0.25, 0.3) is 8.32 Å². The van der Waals surface area contributed by atoms with E-state index in [2.05, 4.69) is 4.74 Å². The van der Waals surface area contributed by atoms with E-state index in [0.29, 0.717) is 0 Å². The molecule has 0 aliphatic carbocycles. The third kappa shape index (κ3) is 5.09. The Morgan fingerprint density at radius 3 is 1.87 bits per heavy atom. The van der Waals surface area contributed by atoms with Gasteiger partial charge in [0.15, 0.2) is 0 Å². The van der Waals surface area contributed by atoms with Crippen molar-refractivity contribution in [1.29, 1.82) is 0 Å². The van der Waals surface area contributed by atoms with Crippen molar-refractivity contribution in [3.63, 3.8) is 0 Å². The topological polar surface area (TPSA) is 52.6 Å². The fraction of sp³-hybridized carbons (Fsp3) is 0.467. The molecule has 0 heterocycles. The summed E-state index contributed by atoms with van der Waals surface area (Å²) in [4.78, 5) is 22.8. The van der Waals surface area contributed by atoms with Gasteiger partial charge in [-0.2, -0.15) is 13.2 Å². The molecule has 0 fully saturated rings. The molecule has 1 aromatic carbocycles. The first-order chi connectivity index (χ1) is 10.2. The van der Waals surface area contributed by atoms with Gasteiger partial charge in [-0.1, -0.05) is 20.8 Å². The van der Waals surface area contributed by atoms with Crippen LogP contribution in [-0.4, -0.2) is 26.4 Å². The Labute approximate surface area is 133 Å². The first-order valence-electron chi connectivity index (χ1n) is 6.86. The van der Waals surface area contributed by atoms with Crippen LogP contribution >= 0.6 is 0 Å². The van der Waals surface area contributed by atoms with Crippen molar-refractivity contribution in [2.45, 2.75) is 45.1 Å². The molecular formula is C15H19F3O4Si. The van der Waals surface area contributed by atoms with Gasteiger partial charge in [-0.25, -0.2) is 9.59 Å². The molecule has 0 amide bonds. The van der Waals surface area contributed by atoms with Crippen LogP contribution in [0.2, 0.25) is 18.1 Å². The third-order valence-corrected chi connectivity index (χ3v) is 7.99. The standard InChI is InChI=1S/C15H19F3O4Si/c1-14(2,3)23(4,5)22-12(19)10-6-8-11(9-7-10)21-13(20)15(16,17)18/h6-9H,1-5H3. The first kappa shape index (κ1) is 19.2. The quantitative estimate of drug-likeness (QED) is 0.464. The molecule has 8 heteroatoms. The van der Waals surface area contributed by atoms with Crippen molar-refractivity contribution in [2.75, 3.05) is 0 Å². The van der Waals surface area contributed by atoms with Crippen molar-refractivity contribution in [2.24, 2.45) is 0 Å². The zero-order valence-corrected chi connectivity index (χ0v) is 14.6. The lowest BCUT2D eigenvalue weighted by molar-refractivity contribution is -0.189. The highest BCUT2D eigenvalue weighted by Gasteiger charge is 2.42. The van der Waals surface area contributed by atoms with Gasteiger partial charge in [0, 0.05) is 0 Å². The summed E-state index contributed by atoms with van der Waals surface area (Å²) >= 11 is 0. The molecule has 0 saturated heterocycles. The van der Waals surface area contributed by atoms with Gasteiger partial charge in [0.05, 0.1) is 5.56 Å². The second-order valence-corrected chi connectivity index (χ2v) is 11.3. The molecule has 0 aromatic heterocycles. The molecule has 0 aliphatic heterocycles. The molecule has 0 aliphatic rings. The van der Waals surface area contributed by atoms with Crippen LogP contribution in [0.15, 0.2) is 24.3 Å². The largest absolute Gasteiger partial charge is 0.516 e. The Kier molecular flexibility index (Phi) is 5.30. The zero-order valence-electron chi connectivity index (χ0n) is 13.6. The van der Waals surface area contributed by atoms with E-state index in [4.69, 9.17) is 4.43 Å². The molecule has 0 bridgehead atoms. The van der Waals surface area contributed by atoms with Gasteiger partial charge in [0.2, 0.25) is 0 Å². The summed E-state index contributed by atoms with van der Waals surface area (Å²) in [5.41, 5.74) is 0.182. The van der Waals surface area contributed by atoms with Crippen LogP contribution in [0.3, 0.4) is 0 Å². The summed E-state index contributed by atoms with van der Waals surface area (Å²) in [5, 5.41) is -0.162. The maximum absolute atomic E-state index is 12.1. The van der Waals surface area contributed by atoms with Gasteiger partial charge in [-0.3, -0.25) is 0 Å². The molecule has 128 valence electrons. The summed E-state index contributed by atoms with van der Waals surface area (Å²) in [6.07, 6.45) is -5.07. The number of halogens is 3. The zero-order chi connectivity index (χ0) is 18.1. The van der Waals surface area contributed by atoms with Crippen molar-refractivity contribution in [1.82, 2.24) is 0 Å². The number of carbonyl (C=O) groups is 2. The number of ether oxygens (including phenoxy) is 1. The normalized spacial score (nSPS) is 12.7. The Morgan fingerprint density at radius 1 is 1.00 bits per heavy atom. The fourth-order valence-corrected chi connectivity index (χ4v) is 2.16. The van der Waals surface area contributed by atoms with Crippen molar-refractivity contribution in [3.8, 4) is 5.75 Å². The number of esters is 1. The van der Waals surface area contributed by atoms with E-state index < -0.39 is 26.4 Å². The fourth-order valence-electron chi connectivity index (χ4n) is 1.27. The molecule has 1 aromatic rings. The van der Waals surface area contributed by atoms with Crippen LogP contribution in [0.5, 0.6) is 5.75 Å². The van der Waals surface area contributed by atoms with Gasteiger partial charge in [-0.15, -0.1) is 0 Å². The highest BCUT2D eigenvalue weighted by molar-refractivity contribution is 6.75. The van der Waals surface area contributed by atoms with Crippen LogP contribution < -0.4 is 4.74 Å². The van der Waals surface area contributed by atoms with Crippen molar-refractivity contribution in [3.05, 3.63) is 29.8 Å². The summed E-state index contributed by atoms with van der Waals surface area (Å²) in [5.74, 6) is -3.16.